The number of carboxylic acids is 1. The number of nitrogens with zero attached hydrogens (tertiary/aromatic N) is 1. The molecule has 0 spiro atoms. The molecule has 0 aliphatic rings. The zero-order valence-corrected chi connectivity index (χ0v) is 11.3. The van der Waals surface area contributed by atoms with Crippen LogP contribution in [-0.4, -0.2) is 29.1 Å². The lowest BCUT2D eigenvalue weighted by Gasteiger charge is -2.30. The van der Waals surface area contributed by atoms with E-state index in [-0.39, 0.29) is 24.3 Å². The molecule has 18 heavy (non-hydrogen) atoms. The fourth-order valence-corrected chi connectivity index (χ4v) is 1.94. The highest BCUT2D eigenvalue weighted by atomic mass is 19.1. The second kappa shape index (κ2) is 5.96. The Morgan fingerprint density at radius 2 is 2.06 bits per heavy atom. The lowest BCUT2D eigenvalue weighted by Crippen LogP contribution is -2.33. The number of rotatable bonds is 5. The maximum absolute atomic E-state index is 13.2. The van der Waals surface area contributed by atoms with Crippen molar-refractivity contribution in [3.05, 3.63) is 35.1 Å². The summed E-state index contributed by atoms with van der Waals surface area (Å²) in [5.41, 5.74) is 1.60. The third-order valence-corrected chi connectivity index (χ3v) is 3.44. The predicted octanol–water partition coefficient (Wildman–Crippen LogP) is 2.99. The number of hydrogen-bond donors (Lipinski definition) is 1. The summed E-state index contributed by atoms with van der Waals surface area (Å²) >= 11 is 0. The van der Waals surface area contributed by atoms with Crippen LogP contribution in [0.4, 0.5) is 4.39 Å². The number of aryl methyl sites for hydroxylation is 1. The van der Waals surface area contributed by atoms with Crippen LogP contribution >= 0.6 is 0 Å². The van der Waals surface area contributed by atoms with Gasteiger partial charge in [0.1, 0.15) is 5.82 Å². The van der Waals surface area contributed by atoms with Crippen LogP contribution < -0.4 is 0 Å². The molecule has 0 saturated carbocycles. The van der Waals surface area contributed by atoms with Crippen molar-refractivity contribution in [3.63, 3.8) is 0 Å². The number of carboxylic acid groups (broad SMARTS) is 1. The first-order valence-corrected chi connectivity index (χ1v) is 6.02. The zero-order valence-electron chi connectivity index (χ0n) is 11.3. The average molecular weight is 253 g/mol. The van der Waals surface area contributed by atoms with Crippen molar-refractivity contribution >= 4 is 5.97 Å². The van der Waals surface area contributed by atoms with Crippen molar-refractivity contribution in [3.8, 4) is 0 Å². The standard InChI is InChI=1S/C14H20FNO2/c1-9-7-12(5-6-13(9)15)11(3)16(4)10(2)8-14(17)18/h5-7,10-11H,8H2,1-4H3,(H,17,18). The van der Waals surface area contributed by atoms with Gasteiger partial charge < -0.3 is 5.11 Å². The number of hydrogen-bond acceptors (Lipinski definition) is 2. The molecule has 4 heteroatoms. The first kappa shape index (κ1) is 14.6. The van der Waals surface area contributed by atoms with Gasteiger partial charge in [-0.25, -0.2) is 4.39 Å². The van der Waals surface area contributed by atoms with Crippen LogP contribution in [0.3, 0.4) is 0 Å². The van der Waals surface area contributed by atoms with Gasteiger partial charge in [0.2, 0.25) is 0 Å². The molecule has 0 aliphatic carbocycles. The molecule has 0 fully saturated rings. The number of aliphatic carboxylic acids is 1. The highest BCUT2D eigenvalue weighted by Gasteiger charge is 2.19. The minimum Gasteiger partial charge on any atom is -0.481 e. The fourth-order valence-electron chi connectivity index (χ4n) is 1.94. The normalized spacial score (nSPS) is 14.6. The number of halogens is 1. The quantitative estimate of drug-likeness (QED) is 0.877. The Morgan fingerprint density at radius 3 is 2.56 bits per heavy atom. The van der Waals surface area contributed by atoms with E-state index in [0.717, 1.165) is 5.56 Å². The van der Waals surface area contributed by atoms with E-state index >= 15 is 0 Å². The Morgan fingerprint density at radius 1 is 1.44 bits per heavy atom. The molecule has 0 bridgehead atoms. The Bertz CT molecular complexity index is 434. The third-order valence-electron chi connectivity index (χ3n) is 3.44. The summed E-state index contributed by atoms with van der Waals surface area (Å²) in [6.07, 6.45) is 0.0982. The molecule has 2 atom stereocenters. The summed E-state index contributed by atoms with van der Waals surface area (Å²) in [6, 6.07) is 5.00. The topological polar surface area (TPSA) is 40.5 Å². The van der Waals surface area contributed by atoms with Gasteiger partial charge in [-0.15, -0.1) is 0 Å². The van der Waals surface area contributed by atoms with Crippen LogP contribution in [0.1, 0.15) is 37.4 Å². The van der Waals surface area contributed by atoms with Gasteiger partial charge in [0.05, 0.1) is 6.42 Å². The molecule has 1 aromatic rings. The molecule has 2 unspecified atom stereocenters. The molecule has 1 aromatic carbocycles. The van der Waals surface area contributed by atoms with E-state index in [2.05, 4.69) is 0 Å². The molecule has 0 aliphatic heterocycles. The second-order valence-corrected chi connectivity index (χ2v) is 4.80. The Labute approximate surface area is 107 Å². The molecule has 3 nitrogen and oxygen atoms in total. The second-order valence-electron chi connectivity index (χ2n) is 4.80. The summed E-state index contributed by atoms with van der Waals surface area (Å²) < 4.78 is 13.2. The summed E-state index contributed by atoms with van der Waals surface area (Å²) in [6.45, 7) is 5.60. The van der Waals surface area contributed by atoms with Crippen LogP contribution in [0.15, 0.2) is 18.2 Å². The maximum Gasteiger partial charge on any atom is 0.304 e. The summed E-state index contributed by atoms with van der Waals surface area (Å²) in [5.74, 6) is -1.02. The Balaban J connectivity index is 2.82. The third kappa shape index (κ3) is 3.53. The van der Waals surface area contributed by atoms with Gasteiger partial charge in [0.15, 0.2) is 0 Å². The van der Waals surface area contributed by atoms with E-state index in [0.29, 0.717) is 5.56 Å². The van der Waals surface area contributed by atoms with Crippen molar-refractivity contribution in [2.24, 2.45) is 0 Å². The van der Waals surface area contributed by atoms with Crippen molar-refractivity contribution in [1.29, 1.82) is 0 Å². The van der Waals surface area contributed by atoms with Gasteiger partial charge in [0, 0.05) is 12.1 Å². The van der Waals surface area contributed by atoms with Gasteiger partial charge in [-0.1, -0.05) is 12.1 Å². The van der Waals surface area contributed by atoms with Gasteiger partial charge in [-0.3, -0.25) is 9.69 Å². The molecule has 100 valence electrons. The van der Waals surface area contributed by atoms with Crippen LogP contribution in [-0.2, 0) is 4.79 Å². The Hall–Kier alpha value is -1.42. The van der Waals surface area contributed by atoms with E-state index < -0.39 is 5.97 Å². The van der Waals surface area contributed by atoms with Crippen LogP contribution in [0.25, 0.3) is 0 Å². The highest BCUT2D eigenvalue weighted by Crippen LogP contribution is 2.23. The van der Waals surface area contributed by atoms with Crippen molar-refractivity contribution < 1.29 is 14.3 Å². The molecule has 0 amide bonds. The van der Waals surface area contributed by atoms with Crippen molar-refractivity contribution in [2.75, 3.05) is 7.05 Å². The number of carbonyl (C=O) groups is 1. The van der Waals surface area contributed by atoms with E-state index in [1.165, 1.54) is 6.07 Å². The minimum atomic E-state index is -0.808. The summed E-state index contributed by atoms with van der Waals surface area (Å²) in [5, 5.41) is 8.79. The van der Waals surface area contributed by atoms with E-state index in [4.69, 9.17) is 5.11 Å². The molecule has 1 N–H and O–H groups in total. The molecule has 0 aromatic heterocycles. The summed E-state index contributed by atoms with van der Waals surface area (Å²) in [4.78, 5) is 12.7. The SMILES string of the molecule is Cc1cc(C(C)N(C)C(C)CC(=O)O)ccc1F. The number of benzene rings is 1. The highest BCUT2D eigenvalue weighted by molar-refractivity contribution is 5.67. The van der Waals surface area contributed by atoms with Crippen LogP contribution in [0.2, 0.25) is 0 Å². The predicted molar refractivity (Wildman–Crippen MR) is 69.0 cm³/mol. The van der Waals surface area contributed by atoms with Gasteiger partial charge in [-0.2, -0.15) is 0 Å². The monoisotopic (exact) mass is 253 g/mol. The minimum absolute atomic E-state index is 0.0543. The zero-order chi connectivity index (χ0) is 13.9. The van der Waals surface area contributed by atoms with Crippen LogP contribution in [0, 0.1) is 12.7 Å². The fraction of sp³-hybridized carbons (Fsp3) is 0.500. The van der Waals surface area contributed by atoms with E-state index in [9.17, 15) is 9.18 Å². The van der Waals surface area contributed by atoms with Crippen LogP contribution in [0.5, 0.6) is 0 Å². The lowest BCUT2D eigenvalue weighted by atomic mass is 10.0. The van der Waals surface area contributed by atoms with E-state index in [1.54, 1.807) is 13.0 Å². The summed E-state index contributed by atoms with van der Waals surface area (Å²) in [7, 11) is 1.89. The molecule has 1 rings (SSSR count). The first-order valence-electron chi connectivity index (χ1n) is 6.02. The van der Waals surface area contributed by atoms with Gasteiger partial charge in [-0.05, 0) is 45.0 Å². The average Bonchev–Trinajstić information content (AvgIpc) is 2.30. The first-order chi connectivity index (χ1) is 8.32. The smallest absolute Gasteiger partial charge is 0.304 e. The molecule has 0 radical (unpaired) electrons. The molecular weight excluding hydrogens is 233 g/mol. The Kier molecular flexibility index (Phi) is 4.84. The maximum atomic E-state index is 13.2. The molecule has 0 heterocycles. The van der Waals surface area contributed by atoms with Crippen molar-refractivity contribution in [1.82, 2.24) is 4.90 Å². The van der Waals surface area contributed by atoms with Crippen molar-refractivity contribution in [2.45, 2.75) is 39.3 Å². The largest absolute Gasteiger partial charge is 0.481 e. The molecule has 0 saturated heterocycles. The molecular formula is C14H20FNO2. The van der Waals surface area contributed by atoms with Gasteiger partial charge in [0.25, 0.3) is 0 Å². The van der Waals surface area contributed by atoms with Gasteiger partial charge >= 0.3 is 5.97 Å². The lowest BCUT2D eigenvalue weighted by molar-refractivity contribution is -0.138. The van der Waals surface area contributed by atoms with E-state index in [1.807, 2.05) is 31.9 Å².